The van der Waals surface area contributed by atoms with Gasteiger partial charge in [-0.1, -0.05) is 0 Å². The average Bonchev–Trinajstić information content (AvgIpc) is 2.66. The number of hydrogen-bond donors (Lipinski definition) is 2. The molecule has 0 aromatic heterocycles. The maximum Gasteiger partial charge on any atom is 0.317 e. The van der Waals surface area contributed by atoms with Crippen LogP contribution in [-0.2, 0) is 0 Å². The summed E-state index contributed by atoms with van der Waals surface area (Å²) in [6, 6.07) is 0.132. The van der Waals surface area contributed by atoms with Crippen molar-refractivity contribution in [3.8, 4) is 0 Å². The second kappa shape index (κ2) is 4.72. The molecule has 4 nitrogen and oxygen atoms in total. The third-order valence-electron chi connectivity index (χ3n) is 5.35. The lowest BCUT2D eigenvalue weighted by atomic mass is 9.59. The third-order valence-corrected chi connectivity index (χ3v) is 5.35. The second-order valence-corrected chi connectivity index (χ2v) is 6.11. The molecule has 1 aliphatic carbocycles. The minimum atomic E-state index is 0.132. The van der Waals surface area contributed by atoms with Crippen LogP contribution in [0.1, 0.15) is 39.0 Å². The molecule has 0 aromatic rings. The third kappa shape index (κ3) is 1.81. The van der Waals surface area contributed by atoms with Crippen molar-refractivity contribution in [3.05, 3.63) is 0 Å². The molecule has 3 rings (SSSR count). The molecule has 2 amide bonds. The van der Waals surface area contributed by atoms with Gasteiger partial charge in [0, 0.05) is 25.2 Å². The highest BCUT2D eigenvalue weighted by Crippen LogP contribution is 2.51. The lowest BCUT2D eigenvalue weighted by molar-refractivity contribution is 0.0265. The van der Waals surface area contributed by atoms with Gasteiger partial charge in [0.15, 0.2) is 0 Å². The van der Waals surface area contributed by atoms with Gasteiger partial charge in [-0.05, 0) is 57.4 Å². The molecule has 0 aromatic carbocycles. The van der Waals surface area contributed by atoms with Crippen molar-refractivity contribution < 1.29 is 4.79 Å². The number of hydrogen-bond acceptors (Lipinski definition) is 2. The molecule has 3 atom stereocenters. The summed E-state index contributed by atoms with van der Waals surface area (Å²) in [4.78, 5) is 14.0. The fraction of sp³-hybridized carbons (Fsp3) is 0.929. The SMILES string of the molecule is CCNC(=O)N1CCCC(C23CCC2CCN3)C1. The monoisotopic (exact) mass is 251 g/mol. The van der Waals surface area contributed by atoms with Gasteiger partial charge in [0.25, 0.3) is 0 Å². The van der Waals surface area contributed by atoms with E-state index in [2.05, 4.69) is 10.6 Å². The molecule has 2 N–H and O–H groups in total. The number of likely N-dealkylation sites (tertiary alicyclic amines) is 1. The smallest absolute Gasteiger partial charge is 0.317 e. The van der Waals surface area contributed by atoms with Crippen LogP contribution in [-0.4, -0.2) is 42.6 Å². The van der Waals surface area contributed by atoms with Gasteiger partial charge in [-0.15, -0.1) is 0 Å². The zero-order chi connectivity index (χ0) is 12.6. The van der Waals surface area contributed by atoms with Crippen LogP contribution >= 0.6 is 0 Å². The predicted molar refractivity (Wildman–Crippen MR) is 71.4 cm³/mol. The summed E-state index contributed by atoms with van der Waals surface area (Å²) in [7, 11) is 0. The van der Waals surface area contributed by atoms with Crippen molar-refractivity contribution in [2.45, 2.75) is 44.6 Å². The van der Waals surface area contributed by atoms with E-state index in [1.807, 2.05) is 11.8 Å². The van der Waals surface area contributed by atoms with Gasteiger partial charge >= 0.3 is 6.03 Å². The first-order valence-electron chi connectivity index (χ1n) is 7.54. The molecule has 3 fully saturated rings. The Kier molecular flexibility index (Phi) is 3.22. The Hall–Kier alpha value is -0.770. The quantitative estimate of drug-likeness (QED) is 0.782. The van der Waals surface area contributed by atoms with Crippen LogP contribution in [0.5, 0.6) is 0 Å². The summed E-state index contributed by atoms with van der Waals surface area (Å²) >= 11 is 0. The Labute approximate surface area is 109 Å². The largest absolute Gasteiger partial charge is 0.338 e. The first kappa shape index (κ1) is 12.3. The standard InChI is InChI=1S/C14H25N3O/c1-2-15-13(18)17-9-3-4-12(10-17)14-7-5-11(14)6-8-16-14/h11-12,16H,2-10H2,1H3,(H,15,18). The molecular formula is C14H25N3O. The van der Waals surface area contributed by atoms with E-state index >= 15 is 0 Å². The molecule has 0 radical (unpaired) electrons. The van der Waals surface area contributed by atoms with Crippen molar-refractivity contribution in [3.63, 3.8) is 0 Å². The Bertz CT molecular complexity index is 333. The Morgan fingerprint density at radius 1 is 1.39 bits per heavy atom. The van der Waals surface area contributed by atoms with Crippen molar-refractivity contribution >= 4 is 6.03 Å². The van der Waals surface area contributed by atoms with E-state index in [1.54, 1.807) is 0 Å². The van der Waals surface area contributed by atoms with E-state index < -0.39 is 0 Å². The zero-order valence-corrected chi connectivity index (χ0v) is 11.4. The number of nitrogens with one attached hydrogen (secondary N) is 2. The Balaban J connectivity index is 1.65. The van der Waals surface area contributed by atoms with Gasteiger partial charge in [0.2, 0.25) is 0 Å². The van der Waals surface area contributed by atoms with Gasteiger partial charge in [-0.25, -0.2) is 4.79 Å². The number of rotatable bonds is 2. The first-order valence-corrected chi connectivity index (χ1v) is 7.54. The Morgan fingerprint density at radius 2 is 2.28 bits per heavy atom. The topological polar surface area (TPSA) is 44.4 Å². The maximum absolute atomic E-state index is 12.0. The molecule has 2 heterocycles. The van der Waals surface area contributed by atoms with E-state index in [0.717, 1.165) is 32.0 Å². The number of carbonyl (C=O) groups is 1. The van der Waals surface area contributed by atoms with E-state index in [4.69, 9.17) is 0 Å². The molecule has 18 heavy (non-hydrogen) atoms. The molecule has 102 valence electrons. The lowest BCUT2D eigenvalue weighted by Gasteiger charge is -2.53. The van der Waals surface area contributed by atoms with Crippen molar-refractivity contribution in [2.24, 2.45) is 11.8 Å². The highest BCUT2D eigenvalue weighted by Gasteiger charge is 2.54. The maximum atomic E-state index is 12.0. The van der Waals surface area contributed by atoms with Crippen LogP contribution in [0.4, 0.5) is 4.79 Å². The first-order chi connectivity index (χ1) is 8.76. The molecule has 4 heteroatoms. The molecule has 2 aliphatic heterocycles. The van der Waals surface area contributed by atoms with Crippen molar-refractivity contribution in [1.82, 2.24) is 15.5 Å². The van der Waals surface area contributed by atoms with Crippen LogP contribution in [0.3, 0.4) is 0 Å². The normalized spacial score (nSPS) is 39.1. The van der Waals surface area contributed by atoms with Crippen molar-refractivity contribution in [1.29, 1.82) is 0 Å². The zero-order valence-electron chi connectivity index (χ0n) is 11.4. The van der Waals surface area contributed by atoms with E-state index in [-0.39, 0.29) is 6.03 Å². The minimum absolute atomic E-state index is 0.132. The summed E-state index contributed by atoms with van der Waals surface area (Å²) in [5.74, 6) is 1.56. The van der Waals surface area contributed by atoms with Crippen LogP contribution in [0.15, 0.2) is 0 Å². The van der Waals surface area contributed by atoms with Gasteiger partial charge < -0.3 is 15.5 Å². The molecule has 1 saturated carbocycles. The fourth-order valence-electron chi connectivity index (χ4n) is 4.30. The summed E-state index contributed by atoms with van der Waals surface area (Å²) in [6.45, 7) is 5.78. The number of piperidine rings is 1. The van der Waals surface area contributed by atoms with Crippen molar-refractivity contribution in [2.75, 3.05) is 26.2 Å². The van der Waals surface area contributed by atoms with Gasteiger partial charge in [-0.3, -0.25) is 0 Å². The van der Waals surface area contributed by atoms with Crippen LogP contribution < -0.4 is 10.6 Å². The summed E-state index contributed by atoms with van der Waals surface area (Å²) in [6.07, 6.45) is 6.52. The van der Waals surface area contributed by atoms with Gasteiger partial charge in [0.1, 0.15) is 0 Å². The summed E-state index contributed by atoms with van der Waals surface area (Å²) in [5.41, 5.74) is 0.394. The molecule has 0 spiro atoms. The summed E-state index contributed by atoms with van der Waals surface area (Å²) in [5, 5.41) is 6.71. The van der Waals surface area contributed by atoms with Crippen LogP contribution in [0.2, 0.25) is 0 Å². The highest BCUT2D eigenvalue weighted by molar-refractivity contribution is 5.74. The molecule has 3 aliphatic rings. The molecule has 0 bridgehead atoms. The number of urea groups is 1. The molecular weight excluding hydrogens is 226 g/mol. The van der Waals surface area contributed by atoms with Gasteiger partial charge in [0.05, 0.1) is 0 Å². The highest BCUT2D eigenvalue weighted by atomic mass is 16.2. The number of nitrogens with zero attached hydrogens (tertiary/aromatic N) is 1. The number of fused-ring (bicyclic) bond motifs is 1. The van der Waals surface area contributed by atoms with E-state index in [1.165, 1.54) is 32.2 Å². The van der Waals surface area contributed by atoms with Crippen LogP contribution in [0.25, 0.3) is 0 Å². The predicted octanol–water partition coefficient (Wildman–Crippen LogP) is 1.57. The molecule has 2 saturated heterocycles. The Morgan fingerprint density at radius 3 is 2.94 bits per heavy atom. The lowest BCUT2D eigenvalue weighted by Crippen LogP contribution is -2.62. The number of carbonyl (C=O) groups excluding carboxylic acids is 1. The minimum Gasteiger partial charge on any atom is -0.338 e. The van der Waals surface area contributed by atoms with E-state index in [9.17, 15) is 4.79 Å². The van der Waals surface area contributed by atoms with Crippen LogP contribution in [0, 0.1) is 11.8 Å². The summed E-state index contributed by atoms with van der Waals surface area (Å²) < 4.78 is 0. The average molecular weight is 251 g/mol. The fourth-order valence-corrected chi connectivity index (χ4v) is 4.30. The van der Waals surface area contributed by atoms with Gasteiger partial charge in [-0.2, -0.15) is 0 Å². The van der Waals surface area contributed by atoms with E-state index in [0.29, 0.717) is 11.5 Å². The second-order valence-electron chi connectivity index (χ2n) is 6.11. The number of amides is 2. The molecule has 3 unspecified atom stereocenters.